The number of hydrogen-bond acceptors (Lipinski definition) is 4. The smallest absolute Gasteiger partial charge is 0.266 e. The largest absolute Gasteiger partial charge is 0.293 e. The van der Waals surface area contributed by atoms with Gasteiger partial charge >= 0.3 is 0 Å². The van der Waals surface area contributed by atoms with E-state index in [0.29, 0.717) is 0 Å². The lowest BCUT2D eigenvalue weighted by Gasteiger charge is -2.24. The Morgan fingerprint density at radius 3 is 2.38 bits per heavy atom. The highest BCUT2D eigenvalue weighted by Gasteiger charge is 2.29. The molecule has 0 aromatic heterocycles. The summed E-state index contributed by atoms with van der Waals surface area (Å²) in [7, 11) is -4.14. The zero-order chi connectivity index (χ0) is 17.9. The van der Waals surface area contributed by atoms with Gasteiger partial charge in [-0.3, -0.25) is 14.5 Å². The third kappa shape index (κ3) is 4.20. The van der Waals surface area contributed by atoms with Crippen molar-refractivity contribution in [2.24, 2.45) is 5.84 Å². The number of sulfonamides is 1. The molecule has 0 unspecified atom stereocenters. The molecule has 0 aliphatic carbocycles. The second kappa shape index (κ2) is 7.71. The van der Waals surface area contributed by atoms with Gasteiger partial charge in [0.25, 0.3) is 15.9 Å². The number of hydrazine groups is 1. The highest BCUT2D eigenvalue weighted by Crippen LogP contribution is 2.31. The standard InChI is InChI=1S/C14H12BrCl2N3O3S/c15-9-1-4-11(5-2-9)20(8-14(21)19-18)24(22,23)13-7-10(16)3-6-12(13)17/h1-7H,8,18H2,(H,19,21). The molecule has 0 fully saturated rings. The van der Waals surface area contributed by atoms with Gasteiger partial charge in [-0.2, -0.15) is 0 Å². The van der Waals surface area contributed by atoms with E-state index in [-0.39, 0.29) is 20.6 Å². The van der Waals surface area contributed by atoms with Crippen LogP contribution in [0, 0.1) is 0 Å². The van der Waals surface area contributed by atoms with E-state index in [0.717, 1.165) is 8.78 Å². The van der Waals surface area contributed by atoms with Gasteiger partial charge in [-0.1, -0.05) is 39.1 Å². The Balaban J connectivity index is 2.58. The highest BCUT2D eigenvalue weighted by atomic mass is 79.9. The maximum absolute atomic E-state index is 13.0. The molecule has 0 spiro atoms. The van der Waals surface area contributed by atoms with Gasteiger partial charge in [0.05, 0.1) is 10.7 Å². The monoisotopic (exact) mass is 451 g/mol. The first-order valence-electron chi connectivity index (χ1n) is 6.48. The zero-order valence-electron chi connectivity index (χ0n) is 12.0. The molecule has 0 saturated heterocycles. The fraction of sp³-hybridized carbons (Fsp3) is 0.0714. The fourth-order valence-corrected chi connectivity index (χ4v) is 4.32. The number of amides is 1. The second-order valence-corrected chi connectivity index (χ2v) is 8.22. The molecule has 2 rings (SSSR count). The van der Waals surface area contributed by atoms with E-state index >= 15 is 0 Å². The lowest BCUT2D eigenvalue weighted by atomic mass is 10.3. The summed E-state index contributed by atoms with van der Waals surface area (Å²) in [5, 5.41) is 0.201. The topological polar surface area (TPSA) is 92.5 Å². The van der Waals surface area contributed by atoms with Gasteiger partial charge in [0.15, 0.2) is 0 Å². The Kier molecular flexibility index (Phi) is 6.11. The SMILES string of the molecule is NNC(=O)CN(c1ccc(Br)cc1)S(=O)(=O)c1cc(Cl)ccc1Cl. The number of hydrogen-bond donors (Lipinski definition) is 2. The van der Waals surface area contributed by atoms with E-state index in [1.807, 2.05) is 5.43 Å². The van der Waals surface area contributed by atoms with Crippen LogP contribution in [0.15, 0.2) is 51.8 Å². The molecule has 10 heteroatoms. The van der Waals surface area contributed by atoms with Crippen LogP contribution in [0.4, 0.5) is 5.69 Å². The van der Waals surface area contributed by atoms with Crippen LogP contribution in [0.1, 0.15) is 0 Å². The number of rotatable bonds is 5. The summed E-state index contributed by atoms with van der Waals surface area (Å²) < 4.78 is 27.6. The zero-order valence-corrected chi connectivity index (χ0v) is 16.0. The first-order valence-corrected chi connectivity index (χ1v) is 9.47. The summed E-state index contributed by atoms with van der Waals surface area (Å²) in [6, 6.07) is 10.5. The minimum Gasteiger partial charge on any atom is -0.293 e. The number of halogens is 3. The molecule has 6 nitrogen and oxygen atoms in total. The van der Waals surface area contributed by atoms with Gasteiger partial charge in [0, 0.05) is 9.50 Å². The Hall–Kier alpha value is -1.32. The van der Waals surface area contributed by atoms with Gasteiger partial charge in [0.2, 0.25) is 0 Å². The van der Waals surface area contributed by atoms with Crippen LogP contribution in [-0.4, -0.2) is 20.9 Å². The van der Waals surface area contributed by atoms with Crippen LogP contribution in [0.2, 0.25) is 10.0 Å². The van der Waals surface area contributed by atoms with Crippen molar-refractivity contribution >= 4 is 60.7 Å². The Morgan fingerprint density at radius 1 is 1.17 bits per heavy atom. The Morgan fingerprint density at radius 2 is 1.79 bits per heavy atom. The van der Waals surface area contributed by atoms with E-state index in [2.05, 4.69) is 15.9 Å². The van der Waals surface area contributed by atoms with Crippen molar-refractivity contribution in [3.05, 3.63) is 57.0 Å². The van der Waals surface area contributed by atoms with Crippen molar-refractivity contribution in [1.82, 2.24) is 5.43 Å². The molecular weight excluding hydrogens is 441 g/mol. The second-order valence-electron chi connectivity index (χ2n) is 4.63. The van der Waals surface area contributed by atoms with E-state index in [4.69, 9.17) is 29.0 Å². The van der Waals surface area contributed by atoms with Gasteiger partial charge in [-0.05, 0) is 42.5 Å². The van der Waals surface area contributed by atoms with Crippen LogP contribution < -0.4 is 15.6 Å². The number of carbonyl (C=O) groups is 1. The van der Waals surface area contributed by atoms with Crippen molar-refractivity contribution < 1.29 is 13.2 Å². The van der Waals surface area contributed by atoms with E-state index in [1.54, 1.807) is 24.3 Å². The highest BCUT2D eigenvalue weighted by molar-refractivity contribution is 9.10. The first kappa shape index (κ1) is 19.0. The lowest BCUT2D eigenvalue weighted by molar-refractivity contribution is -0.119. The predicted molar refractivity (Wildman–Crippen MR) is 97.5 cm³/mol. The average molecular weight is 453 g/mol. The number of nitrogens with one attached hydrogen (secondary N) is 1. The average Bonchev–Trinajstić information content (AvgIpc) is 2.55. The van der Waals surface area contributed by atoms with Gasteiger partial charge < -0.3 is 0 Å². The van der Waals surface area contributed by atoms with Crippen LogP contribution in [0.5, 0.6) is 0 Å². The molecule has 0 heterocycles. The molecule has 0 atom stereocenters. The lowest BCUT2D eigenvalue weighted by Crippen LogP contribution is -2.43. The van der Waals surface area contributed by atoms with Crippen LogP contribution in [0.25, 0.3) is 0 Å². The summed E-state index contributed by atoms with van der Waals surface area (Å²) in [6.45, 7) is -0.511. The molecule has 0 bridgehead atoms. The van der Waals surface area contributed by atoms with Gasteiger partial charge in [0.1, 0.15) is 11.4 Å². The van der Waals surface area contributed by atoms with Crippen molar-refractivity contribution in [2.75, 3.05) is 10.8 Å². The van der Waals surface area contributed by atoms with Crippen molar-refractivity contribution in [3.63, 3.8) is 0 Å². The maximum atomic E-state index is 13.0. The quantitative estimate of drug-likeness (QED) is 0.414. The molecule has 128 valence electrons. The molecule has 0 aliphatic rings. The van der Waals surface area contributed by atoms with E-state index in [1.165, 1.54) is 18.2 Å². The van der Waals surface area contributed by atoms with Crippen molar-refractivity contribution in [2.45, 2.75) is 4.90 Å². The summed E-state index contributed by atoms with van der Waals surface area (Å²) in [4.78, 5) is 11.5. The Bertz CT molecular complexity index is 860. The normalized spacial score (nSPS) is 11.2. The molecule has 2 aromatic rings. The summed E-state index contributed by atoms with van der Waals surface area (Å²) >= 11 is 15.2. The minimum atomic E-state index is -4.14. The van der Waals surface area contributed by atoms with Crippen LogP contribution in [-0.2, 0) is 14.8 Å². The van der Waals surface area contributed by atoms with E-state index < -0.39 is 22.5 Å². The molecule has 0 saturated carbocycles. The number of carbonyl (C=O) groups excluding carboxylic acids is 1. The molecule has 1 amide bonds. The summed E-state index contributed by atoms with van der Waals surface area (Å²) in [5.74, 6) is 4.40. The van der Waals surface area contributed by atoms with Crippen molar-refractivity contribution in [1.29, 1.82) is 0 Å². The van der Waals surface area contributed by atoms with Crippen LogP contribution >= 0.6 is 39.1 Å². The van der Waals surface area contributed by atoms with E-state index in [9.17, 15) is 13.2 Å². The number of nitrogens with two attached hydrogens (primary N) is 1. The molecule has 24 heavy (non-hydrogen) atoms. The molecular formula is C14H12BrCl2N3O3S. The molecule has 2 aromatic carbocycles. The molecule has 0 radical (unpaired) electrons. The fourth-order valence-electron chi connectivity index (χ4n) is 1.89. The predicted octanol–water partition coefficient (Wildman–Crippen LogP) is 2.94. The molecule has 0 aliphatic heterocycles. The maximum Gasteiger partial charge on any atom is 0.266 e. The third-order valence-electron chi connectivity index (χ3n) is 3.02. The number of anilines is 1. The van der Waals surface area contributed by atoms with Crippen molar-refractivity contribution in [3.8, 4) is 0 Å². The minimum absolute atomic E-state index is 0.00494. The molecule has 3 N–H and O–H groups in total. The number of nitrogens with zero attached hydrogens (tertiary/aromatic N) is 1. The third-order valence-corrected chi connectivity index (χ3v) is 6.04. The summed E-state index contributed by atoms with van der Waals surface area (Å²) in [5.41, 5.74) is 2.19. The summed E-state index contributed by atoms with van der Waals surface area (Å²) in [6.07, 6.45) is 0. The van der Waals surface area contributed by atoms with Gasteiger partial charge in [-0.25, -0.2) is 14.3 Å². The van der Waals surface area contributed by atoms with Crippen LogP contribution in [0.3, 0.4) is 0 Å². The number of benzene rings is 2. The van der Waals surface area contributed by atoms with Gasteiger partial charge in [-0.15, -0.1) is 0 Å². The Labute approximate surface area is 157 Å². The first-order chi connectivity index (χ1) is 11.3.